The molecule has 1 amide bonds. The summed E-state index contributed by atoms with van der Waals surface area (Å²) in [6.45, 7) is 2.14. The predicted molar refractivity (Wildman–Crippen MR) is 86.9 cm³/mol. The van der Waals surface area contributed by atoms with E-state index in [0.717, 1.165) is 23.0 Å². The standard InChI is InChI=1S/C17H18BrNO/c1-2-13-6-8-14(9-7-13)10-11-17(20)19-16-5-3-4-15(18)12-16/h3-9,12H,2,10-11H2,1H3,(H,19,20). The molecule has 0 spiro atoms. The minimum absolute atomic E-state index is 0.0441. The highest BCUT2D eigenvalue weighted by atomic mass is 79.9. The van der Waals surface area contributed by atoms with Crippen LogP contribution in [-0.4, -0.2) is 5.91 Å². The summed E-state index contributed by atoms with van der Waals surface area (Å²) < 4.78 is 0.963. The molecule has 20 heavy (non-hydrogen) atoms. The largest absolute Gasteiger partial charge is 0.326 e. The van der Waals surface area contributed by atoms with Crippen LogP contribution in [0.1, 0.15) is 24.5 Å². The Bertz CT molecular complexity index is 578. The van der Waals surface area contributed by atoms with Crippen molar-refractivity contribution < 1.29 is 4.79 Å². The van der Waals surface area contributed by atoms with Gasteiger partial charge in [-0.25, -0.2) is 0 Å². The molecular formula is C17H18BrNO. The first-order valence-corrected chi connectivity index (χ1v) is 7.60. The fraction of sp³-hybridized carbons (Fsp3) is 0.235. The summed E-state index contributed by atoms with van der Waals surface area (Å²) in [5.74, 6) is 0.0441. The summed E-state index contributed by atoms with van der Waals surface area (Å²) >= 11 is 3.39. The number of nitrogens with one attached hydrogen (secondary N) is 1. The van der Waals surface area contributed by atoms with Crippen molar-refractivity contribution in [2.45, 2.75) is 26.2 Å². The zero-order valence-corrected chi connectivity index (χ0v) is 13.1. The maximum absolute atomic E-state index is 11.9. The second-order valence-corrected chi connectivity index (χ2v) is 5.64. The SMILES string of the molecule is CCc1ccc(CCC(=O)Nc2cccc(Br)c2)cc1. The molecule has 2 aromatic rings. The Morgan fingerprint density at radius 1 is 1.10 bits per heavy atom. The van der Waals surface area contributed by atoms with E-state index in [9.17, 15) is 4.79 Å². The summed E-state index contributed by atoms with van der Waals surface area (Å²) in [6, 6.07) is 16.1. The molecule has 0 aliphatic rings. The summed E-state index contributed by atoms with van der Waals surface area (Å²) in [7, 11) is 0. The Hall–Kier alpha value is -1.61. The Kier molecular flexibility index (Phi) is 5.36. The summed E-state index contributed by atoms with van der Waals surface area (Å²) in [4.78, 5) is 11.9. The third-order valence-electron chi connectivity index (χ3n) is 3.18. The number of anilines is 1. The average Bonchev–Trinajstić information content (AvgIpc) is 2.46. The Morgan fingerprint density at radius 2 is 1.80 bits per heavy atom. The molecule has 0 unspecified atom stereocenters. The van der Waals surface area contributed by atoms with E-state index in [2.05, 4.69) is 52.4 Å². The highest BCUT2D eigenvalue weighted by Crippen LogP contribution is 2.16. The highest BCUT2D eigenvalue weighted by molar-refractivity contribution is 9.10. The summed E-state index contributed by atoms with van der Waals surface area (Å²) in [6.07, 6.45) is 2.31. The third-order valence-corrected chi connectivity index (χ3v) is 3.67. The zero-order valence-electron chi connectivity index (χ0n) is 11.5. The Labute approximate surface area is 128 Å². The molecule has 2 rings (SSSR count). The van der Waals surface area contributed by atoms with E-state index in [4.69, 9.17) is 0 Å². The quantitative estimate of drug-likeness (QED) is 0.853. The van der Waals surface area contributed by atoms with E-state index in [0.29, 0.717) is 6.42 Å². The lowest BCUT2D eigenvalue weighted by Crippen LogP contribution is -2.12. The molecule has 0 radical (unpaired) electrons. The molecule has 0 saturated carbocycles. The number of aryl methyl sites for hydroxylation is 2. The maximum atomic E-state index is 11.9. The lowest BCUT2D eigenvalue weighted by atomic mass is 10.1. The molecule has 0 atom stereocenters. The molecule has 0 aromatic heterocycles. The topological polar surface area (TPSA) is 29.1 Å². The fourth-order valence-corrected chi connectivity index (χ4v) is 2.39. The van der Waals surface area contributed by atoms with Gasteiger partial charge >= 0.3 is 0 Å². The van der Waals surface area contributed by atoms with Gasteiger partial charge in [-0.15, -0.1) is 0 Å². The minimum atomic E-state index is 0.0441. The van der Waals surface area contributed by atoms with E-state index < -0.39 is 0 Å². The van der Waals surface area contributed by atoms with Crippen molar-refractivity contribution in [1.82, 2.24) is 0 Å². The Morgan fingerprint density at radius 3 is 2.45 bits per heavy atom. The third kappa shape index (κ3) is 4.49. The van der Waals surface area contributed by atoms with Crippen LogP contribution in [-0.2, 0) is 17.6 Å². The molecule has 1 N–H and O–H groups in total. The smallest absolute Gasteiger partial charge is 0.224 e. The average molecular weight is 332 g/mol. The van der Waals surface area contributed by atoms with Crippen LogP contribution < -0.4 is 5.32 Å². The molecule has 0 aliphatic heterocycles. The van der Waals surface area contributed by atoms with Crippen LogP contribution in [0.4, 0.5) is 5.69 Å². The van der Waals surface area contributed by atoms with Gasteiger partial charge in [-0.1, -0.05) is 53.2 Å². The van der Waals surface area contributed by atoms with Gasteiger partial charge in [-0.2, -0.15) is 0 Å². The maximum Gasteiger partial charge on any atom is 0.224 e. The van der Waals surface area contributed by atoms with Gasteiger partial charge in [0.15, 0.2) is 0 Å². The molecule has 0 fully saturated rings. The van der Waals surface area contributed by atoms with Crippen molar-refractivity contribution in [3.8, 4) is 0 Å². The lowest BCUT2D eigenvalue weighted by molar-refractivity contribution is -0.116. The number of hydrogen-bond acceptors (Lipinski definition) is 1. The van der Waals surface area contributed by atoms with Crippen LogP contribution in [0, 0.1) is 0 Å². The van der Waals surface area contributed by atoms with Crippen LogP contribution in [0.15, 0.2) is 53.0 Å². The molecule has 3 heteroatoms. The molecule has 2 aromatic carbocycles. The number of amides is 1. The van der Waals surface area contributed by atoms with Crippen molar-refractivity contribution in [3.05, 3.63) is 64.1 Å². The van der Waals surface area contributed by atoms with Gasteiger partial charge in [0, 0.05) is 16.6 Å². The van der Waals surface area contributed by atoms with Gasteiger partial charge < -0.3 is 5.32 Å². The summed E-state index contributed by atoms with van der Waals surface area (Å²) in [5.41, 5.74) is 3.35. The lowest BCUT2D eigenvalue weighted by Gasteiger charge is -2.06. The number of carbonyl (C=O) groups is 1. The number of hydrogen-bond donors (Lipinski definition) is 1. The van der Waals surface area contributed by atoms with Crippen LogP contribution in [0.25, 0.3) is 0 Å². The monoisotopic (exact) mass is 331 g/mol. The molecule has 0 saturated heterocycles. The molecule has 2 nitrogen and oxygen atoms in total. The van der Waals surface area contributed by atoms with E-state index in [1.807, 2.05) is 24.3 Å². The number of rotatable bonds is 5. The van der Waals surface area contributed by atoms with Crippen LogP contribution in [0.3, 0.4) is 0 Å². The van der Waals surface area contributed by atoms with Crippen LogP contribution in [0.2, 0.25) is 0 Å². The molecule has 104 valence electrons. The first kappa shape index (κ1) is 14.8. The normalized spacial score (nSPS) is 10.3. The van der Waals surface area contributed by atoms with Gasteiger partial charge in [0.1, 0.15) is 0 Å². The van der Waals surface area contributed by atoms with E-state index in [1.165, 1.54) is 11.1 Å². The van der Waals surface area contributed by atoms with Gasteiger partial charge in [0.25, 0.3) is 0 Å². The van der Waals surface area contributed by atoms with Gasteiger partial charge in [0.05, 0.1) is 0 Å². The second-order valence-electron chi connectivity index (χ2n) is 4.73. The molecular weight excluding hydrogens is 314 g/mol. The van der Waals surface area contributed by atoms with E-state index in [-0.39, 0.29) is 5.91 Å². The Balaban J connectivity index is 1.85. The second kappa shape index (κ2) is 7.25. The summed E-state index contributed by atoms with van der Waals surface area (Å²) in [5, 5.41) is 2.91. The number of benzene rings is 2. The first-order valence-electron chi connectivity index (χ1n) is 6.80. The predicted octanol–water partition coefficient (Wildman–Crippen LogP) is 4.58. The number of carbonyl (C=O) groups excluding carboxylic acids is 1. The van der Waals surface area contributed by atoms with Gasteiger partial charge in [-0.05, 0) is 42.2 Å². The van der Waals surface area contributed by atoms with Crippen molar-refractivity contribution in [1.29, 1.82) is 0 Å². The van der Waals surface area contributed by atoms with Crippen LogP contribution >= 0.6 is 15.9 Å². The van der Waals surface area contributed by atoms with Gasteiger partial charge in [-0.3, -0.25) is 4.79 Å². The molecule has 0 heterocycles. The van der Waals surface area contributed by atoms with Crippen LogP contribution in [0.5, 0.6) is 0 Å². The highest BCUT2D eigenvalue weighted by Gasteiger charge is 2.03. The van der Waals surface area contributed by atoms with Crippen molar-refractivity contribution in [2.75, 3.05) is 5.32 Å². The van der Waals surface area contributed by atoms with E-state index >= 15 is 0 Å². The minimum Gasteiger partial charge on any atom is -0.326 e. The van der Waals surface area contributed by atoms with E-state index in [1.54, 1.807) is 0 Å². The van der Waals surface area contributed by atoms with Crippen molar-refractivity contribution >= 4 is 27.5 Å². The number of halogens is 1. The van der Waals surface area contributed by atoms with Crippen molar-refractivity contribution in [2.24, 2.45) is 0 Å². The fourth-order valence-electron chi connectivity index (χ4n) is 1.99. The molecule has 0 aliphatic carbocycles. The zero-order chi connectivity index (χ0) is 14.4. The first-order chi connectivity index (χ1) is 9.67. The van der Waals surface area contributed by atoms with Crippen molar-refractivity contribution in [3.63, 3.8) is 0 Å². The van der Waals surface area contributed by atoms with Gasteiger partial charge in [0.2, 0.25) is 5.91 Å². The molecule has 0 bridgehead atoms.